The maximum absolute atomic E-state index is 12.9. The van der Waals surface area contributed by atoms with Crippen LogP contribution in [-0.2, 0) is 14.3 Å². The molecule has 3 saturated heterocycles. The fourth-order valence-electron chi connectivity index (χ4n) is 4.54. The quantitative estimate of drug-likeness (QED) is 0.785. The van der Waals surface area contributed by atoms with Gasteiger partial charge in [0.15, 0.2) is 6.61 Å². The third-order valence-corrected chi connectivity index (χ3v) is 6.23. The molecular weight excluding hydrogens is 363 g/mol. The lowest BCUT2D eigenvalue weighted by Crippen LogP contribution is -2.56. The molecule has 0 bridgehead atoms. The Morgan fingerprint density at radius 3 is 2.54 bits per heavy atom. The summed E-state index contributed by atoms with van der Waals surface area (Å²) in [5, 5.41) is 0. The van der Waals surface area contributed by atoms with E-state index in [1.165, 1.54) is 24.3 Å². The second kappa shape index (κ2) is 8.76. The summed E-state index contributed by atoms with van der Waals surface area (Å²) in [6.07, 6.45) is 3.86. The normalized spacial score (nSPS) is 25.6. The van der Waals surface area contributed by atoms with Crippen LogP contribution in [-0.4, -0.2) is 80.0 Å². The van der Waals surface area contributed by atoms with Crippen LogP contribution in [0.1, 0.15) is 25.7 Å². The number of hydrogen-bond donors (Lipinski definition) is 0. The van der Waals surface area contributed by atoms with Crippen molar-refractivity contribution in [3.8, 4) is 5.75 Å². The summed E-state index contributed by atoms with van der Waals surface area (Å²) in [5.41, 5.74) is -0.101. The summed E-state index contributed by atoms with van der Waals surface area (Å²) in [7, 11) is 0. The molecule has 0 saturated carbocycles. The highest BCUT2D eigenvalue weighted by Gasteiger charge is 2.42. The number of hydrogen-bond acceptors (Lipinski definition) is 5. The van der Waals surface area contributed by atoms with E-state index in [4.69, 9.17) is 14.2 Å². The van der Waals surface area contributed by atoms with E-state index in [0.29, 0.717) is 24.9 Å². The highest BCUT2D eigenvalue weighted by atomic mass is 19.1. The molecule has 3 heterocycles. The van der Waals surface area contributed by atoms with Crippen molar-refractivity contribution in [1.82, 2.24) is 9.80 Å². The van der Waals surface area contributed by atoms with E-state index in [9.17, 15) is 9.18 Å². The molecule has 6 nitrogen and oxygen atoms in total. The summed E-state index contributed by atoms with van der Waals surface area (Å²) in [5.74, 6) is 0.162. The van der Waals surface area contributed by atoms with Gasteiger partial charge in [0.1, 0.15) is 11.6 Å². The van der Waals surface area contributed by atoms with E-state index in [1.807, 2.05) is 4.90 Å². The fourth-order valence-corrected chi connectivity index (χ4v) is 4.54. The Kier molecular flexibility index (Phi) is 6.13. The van der Waals surface area contributed by atoms with Gasteiger partial charge >= 0.3 is 0 Å². The summed E-state index contributed by atoms with van der Waals surface area (Å²) < 4.78 is 30.2. The standard InChI is InChI=1S/C21H29FN2O4/c22-17-1-3-19(4-2-17)27-16-20(25)24-8-6-21(7-9-24)15-18(5-12-28-21)23-10-13-26-14-11-23/h1-4,18H,5-16H2. The molecule has 1 unspecified atom stereocenters. The predicted molar refractivity (Wildman–Crippen MR) is 102 cm³/mol. The first-order chi connectivity index (χ1) is 13.6. The largest absolute Gasteiger partial charge is 0.484 e. The minimum atomic E-state index is -0.317. The lowest BCUT2D eigenvalue weighted by molar-refractivity contribution is -0.153. The van der Waals surface area contributed by atoms with Crippen molar-refractivity contribution < 1.29 is 23.4 Å². The van der Waals surface area contributed by atoms with Gasteiger partial charge in [-0.2, -0.15) is 0 Å². The molecule has 0 radical (unpaired) electrons. The molecule has 7 heteroatoms. The molecule has 1 amide bonds. The Morgan fingerprint density at radius 1 is 1.11 bits per heavy atom. The number of piperidine rings is 1. The van der Waals surface area contributed by atoms with E-state index >= 15 is 0 Å². The summed E-state index contributed by atoms with van der Waals surface area (Å²) in [6, 6.07) is 6.29. The Bertz CT molecular complexity index is 655. The molecule has 4 rings (SSSR count). The van der Waals surface area contributed by atoms with Gasteiger partial charge in [0.05, 0.1) is 18.8 Å². The molecule has 28 heavy (non-hydrogen) atoms. The van der Waals surface area contributed by atoms with Crippen LogP contribution in [0.3, 0.4) is 0 Å². The Hall–Kier alpha value is -1.70. The van der Waals surface area contributed by atoms with Crippen LogP contribution in [0.4, 0.5) is 4.39 Å². The van der Waals surface area contributed by atoms with Gasteiger partial charge in [0.25, 0.3) is 5.91 Å². The van der Waals surface area contributed by atoms with Gasteiger partial charge in [0.2, 0.25) is 0 Å². The fraction of sp³-hybridized carbons (Fsp3) is 0.667. The zero-order chi connectivity index (χ0) is 19.4. The van der Waals surface area contributed by atoms with Crippen LogP contribution in [0.25, 0.3) is 0 Å². The van der Waals surface area contributed by atoms with E-state index in [1.54, 1.807) is 0 Å². The summed E-state index contributed by atoms with van der Waals surface area (Å²) >= 11 is 0. The molecule has 3 fully saturated rings. The first-order valence-corrected chi connectivity index (χ1v) is 10.3. The Labute approximate surface area is 165 Å². The van der Waals surface area contributed by atoms with Crippen molar-refractivity contribution in [3.05, 3.63) is 30.1 Å². The summed E-state index contributed by atoms with van der Waals surface area (Å²) in [6.45, 7) is 5.82. The SMILES string of the molecule is O=C(COc1ccc(F)cc1)N1CCC2(CC1)CC(N1CCOCC1)CCO2. The third-order valence-electron chi connectivity index (χ3n) is 6.23. The van der Waals surface area contributed by atoms with Gasteiger partial charge in [-0.25, -0.2) is 4.39 Å². The van der Waals surface area contributed by atoms with Crippen LogP contribution in [0.5, 0.6) is 5.75 Å². The van der Waals surface area contributed by atoms with Gasteiger partial charge in [-0.3, -0.25) is 9.69 Å². The zero-order valence-corrected chi connectivity index (χ0v) is 16.3. The van der Waals surface area contributed by atoms with E-state index in [2.05, 4.69) is 4.90 Å². The average Bonchev–Trinajstić information content (AvgIpc) is 2.74. The molecule has 3 aliphatic heterocycles. The van der Waals surface area contributed by atoms with Gasteiger partial charge in [-0.1, -0.05) is 0 Å². The second-order valence-corrected chi connectivity index (χ2v) is 7.95. The highest BCUT2D eigenvalue weighted by molar-refractivity contribution is 5.77. The van der Waals surface area contributed by atoms with Crippen molar-refractivity contribution in [2.24, 2.45) is 0 Å². The summed E-state index contributed by atoms with van der Waals surface area (Å²) in [4.78, 5) is 16.9. The number of rotatable bonds is 4. The van der Waals surface area contributed by atoms with Crippen molar-refractivity contribution in [1.29, 1.82) is 0 Å². The number of ether oxygens (including phenoxy) is 3. The Morgan fingerprint density at radius 2 is 1.82 bits per heavy atom. The molecule has 0 N–H and O–H groups in total. The second-order valence-electron chi connectivity index (χ2n) is 7.95. The van der Waals surface area contributed by atoms with Crippen LogP contribution >= 0.6 is 0 Å². The molecule has 154 valence electrons. The highest BCUT2D eigenvalue weighted by Crippen LogP contribution is 2.37. The minimum Gasteiger partial charge on any atom is -0.484 e. The van der Waals surface area contributed by atoms with E-state index in [-0.39, 0.29) is 23.9 Å². The molecule has 1 aromatic carbocycles. The number of amides is 1. The van der Waals surface area contributed by atoms with Crippen LogP contribution in [0, 0.1) is 5.82 Å². The molecule has 1 spiro atoms. The smallest absolute Gasteiger partial charge is 0.260 e. The number of likely N-dealkylation sites (tertiary alicyclic amines) is 1. The van der Waals surface area contributed by atoms with Crippen LogP contribution < -0.4 is 4.74 Å². The first kappa shape index (κ1) is 19.6. The number of benzene rings is 1. The minimum absolute atomic E-state index is 0.0180. The lowest BCUT2D eigenvalue weighted by Gasteiger charge is -2.49. The van der Waals surface area contributed by atoms with Crippen LogP contribution in [0.2, 0.25) is 0 Å². The number of carbonyl (C=O) groups is 1. The molecule has 0 aromatic heterocycles. The third kappa shape index (κ3) is 4.64. The van der Waals surface area contributed by atoms with Gasteiger partial charge < -0.3 is 19.1 Å². The molecule has 1 aromatic rings. The van der Waals surface area contributed by atoms with E-state index in [0.717, 1.165) is 58.6 Å². The lowest BCUT2D eigenvalue weighted by atomic mass is 9.81. The number of nitrogens with zero attached hydrogens (tertiary/aromatic N) is 2. The van der Waals surface area contributed by atoms with Gasteiger partial charge in [-0.15, -0.1) is 0 Å². The van der Waals surface area contributed by atoms with Crippen molar-refractivity contribution in [2.75, 3.05) is 52.6 Å². The van der Waals surface area contributed by atoms with E-state index < -0.39 is 0 Å². The number of carbonyl (C=O) groups excluding carboxylic acids is 1. The zero-order valence-electron chi connectivity index (χ0n) is 16.3. The molecule has 0 aliphatic carbocycles. The molecule has 3 aliphatic rings. The van der Waals surface area contributed by atoms with Gasteiger partial charge in [0, 0.05) is 38.8 Å². The van der Waals surface area contributed by atoms with Crippen molar-refractivity contribution >= 4 is 5.91 Å². The monoisotopic (exact) mass is 392 g/mol. The first-order valence-electron chi connectivity index (χ1n) is 10.3. The maximum atomic E-state index is 12.9. The van der Waals surface area contributed by atoms with Gasteiger partial charge in [-0.05, 0) is 49.9 Å². The van der Waals surface area contributed by atoms with Crippen molar-refractivity contribution in [2.45, 2.75) is 37.3 Å². The Balaban J connectivity index is 1.26. The number of morpholine rings is 1. The maximum Gasteiger partial charge on any atom is 0.260 e. The molecular formula is C21H29FN2O4. The predicted octanol–water partition coefficient (Wildman–Crippen LogP) is 2.08. The molecule has 1 atom stereocenters. The topological polar surface area (TPSA) is 51.2 Å². The van der Waals surface area contributed by atoms with Crippen LogP contribution in [0.15, 0.2) is 24.3 Å². The van der Waals surface area contributed by atoms with Crippen molar-refractivity contribution in [3.63, 3.8) is 0 Å². The average molecular weight is 392 g/mol. The number of halogens is 1.